The van der Waals surface area contributed by atoms with Gasteiger partial charge < -0.3 is 20.9 Å². The van der Waals surface area contributed by atoms with Crippen LogP contribution in [0.5, 0.6) is 5.75 Å². The third-order valence-electron chi connectivity index (χ3n) is 6.65. The summed E-state index contributed by atoms with van der Waals surface area (Å²) >= 11 is 0. The number of benzene rings is 2. The topological polar surface area (TPSA) is 119 Å². The number of ketones is 2. The molecule has 2 unspecified atom stereocenters. The van der Waals surface area contributed by atoms with Crippen LogP contribution >= 0.6 is 0 Å². The number of carboxylic acids is 1. The molecule has 31 heavy (non-hydrogen) atoms. The Labute approximate surface area is 180 Å². The van der Waals surface area contributed by atoms with Crippen molar-refractivity contribution in [1.29, 1.82) is 0 Å². The van der Waals surface area contributed by atoms with Crippen molar-refractivity contribution in [2.75, 3.05) is 12.4 Å². The third-order valence-corrected chi connectivity index (χ3v) is 6.65. The number of hydrogen-bond donors (Lipinski definition) is 3. The van der Waals surface area contributed by atoms with Crippen LogP contribution in [0.15, 0.2) is 48.5 Å². The second-order valence-corrected chi connectivity index (χ2v) is 8.39. The van der Waals surface area contributed by atoms with Crippen LogP contribution in [0.3, 0.4) is 0 Å². The van der Waals surface area contributed by atoms with Crippen molar-refractivity contribution in [2.24, 2.45) is 11.7 Å². The Balaban J connectivity index is 1.71. The van der Waals surface area contributed by atoms with Gasteiger partial charge in [-0.1, -0.05) is 36.8 Å². The predicted octanol–water partition coefficient (Wildman–Crippen LogP) is 3.00. The molecule has 0 bridgehead atoms. The lowest BCUT2D eigenvalue weighted by molar-refractivity contribution is -0.146. The van der Waals surface area contributed by atoms with Gasteiger partial charge in [0.2, 0.25) is 11.6 Å². The number of carboxylic acid groups (broad SMARTS) is 1. The quantitative estimate of drug-likeness (QED) is 0.464. The number of methoxy groups -OCH3 is 1. The fourth-order valence-electron chi connectivity index (χ4n) is 5.20. The number of nitrogens with one attached hydrogen (secondary N) is 1. The van der Waals surface area contributed by atoms with E-state index >= 15 is 0 Å². The first kappa shape index (κ1) is 21.1. The van der Waals surface area contributed by atoms with Crippen molar-refractivity contribution in [2.45, 2.75) is 43.2 Å². The minimum atomic E-state index is -1.90. The lowest BCUT2D eigenvalue weighted by Crippen LogP contribution is -2.59. The van der Waals surface area contributed by atoms with Crippen LogP contribution in [0.4, 0.5) is 5.69 Å². The Hall–Kier alpha value is -3.19. The summed E-state index contributed by atoms with van der Waals surface area (Å²) < 4.78 is 5.18. The highest BCUT2D eigenvalue weighted by Crippen LogP contribution is 2.50. The molecule has 1 fully saturated rings. The van der Waals surface area contributed by atoms with Crippen LogP contribution < -0.4 is 15.8 Å². The predicted molar refractivity (Wildman–Crippen MR) is 115 cm³/mol. The summed E-state index contributed by atoms with van der Waals surface area (Å²) in [5.41, 5.74) is 6.37. The van der Waals surface area contributed by atoms with Crippen LogP contribution in [0, 0.1) is 5.92 Å². The standard InChI is InChI=1S/C24H26N2O5/c1-31-20-12-5-3-8-16(20)22(28)19(27)13-24(25,23(29)30)21-14-7-2-4-10-17(14)26-18-11-6-9-15(18)21/h2-5,7-8,10,12,15,18,21,26H,6,9,11,13,25H2,1H3,(H,29,30)/t15-,18+,21?,24?/m0/s1. The summed E-state index contributed by atoms with van der Waals surface area (Å²) in [6, 6.07) is 14.0. The Morgan fingerprint density at radius 2 is 1.84 bits per heavy atom. The van der Waals surface area contributed by atoms with Gasteiger partial charge in [-0.3, -0.25) is 14.4 Å². The van der Waals surface area contributed by atoms with Crippen LogP contribution in [0.1, 0.15) is 47.5 Å². The van der Waals surface area contributed by atoms with E-state index in [0.717, 1.165) is 30.5 Å². The van der Waals surface area contributed by atoms with Gasteiger partial charge in [0, 0.05) is 24.1 Å². The number of para-hydroxylation sites is 2. The van der Waals surface area contributed by atoms with Gasteiger partial charge >= 0.3 is 5.97 Å². The van der Waals surface area contributed by atoms with E-state index in [-0.39, 0.29) is 23.3 Å². The lowest BCUT2D eigenvalue weighted by Gasteiger charge is -2.44. The van der Waals surface area contributed by atoms with E-state index in [1.807, 2.05) is 24.3 Å². The Bertz CT molecular complexity index is 1040. The number of nitrogens with two attached hydrogens (primary N) is 1. The van der Waals surface area contributed by atoms with Gasteiger partial charge in [-0.05, 0) is 42.5 Å². The molecule has 0 saturated heterocycles. The molecule has 7 nitrogen and oxygen atoms in total. The molecule has 1 saturated carbocycles. The number of Topliss-reactive ketones (excluding diaryl/α,β-unsaturated/α-hetero) is 2. The molecule has 7 heteroatoms. The fourth-order valence-corrected chi connectivity index (χ4v) is 5.20. The monoisotopic (exact) mass is 422 g/mol. The Morgan fingerprint density at radius 3 is 2.58 bits per heavy atom. The molecule has 2 aromatic rings. The lowest BCUT2D eigenvalue weighted by atomic mass is 9.66. The van der Waals surface area contributed by atoms with E-state index < -0.39 is 35.4 Å². The number of rotatable bonds is 7. The molecule has 0 amide bonds. The number of hydrogen-bond acceptors (Lipinski definition) is 6. The molecule has 1 aliphatic carbocycles. The van der Waals surface area contributed by atoms with Crippen LogP contribution in [-0.2, 0) is 9.59 Å². The number of carbonyl (C=O) groups is 3. The van der Waals surface area contributed by atoms with E-state index in [1.165, 1.54) is 13.2 Å². The maximum absolute atomic E-state index is 13.0. The highest BCUT2D eigenvalue weighted by molar-refractivity contribution is 6.44. The molecule has 162 valence electrons. The Morgan fingerprint density at radius 1 is 1.13 bits per heavy atom. The second kappa shape index (κ2) is 8.15. The second-order valence-electron chi connectivity index (χ2n) is 8.39. The van der Waals surface area contributed by atoms with Gasteiger partial charge in [-0.15, -0.1) is 0 Å². The number of carbonyl (C=O) groups excluding carboxylic acids is 2. The number of anilines is 1. The SMILES string of the molecule is COc1ccccc1C(=O)C(=O)CC(N)(C(=O)O)C1c2ccccc2N[C@@H]2CCC[C@H]12. The largest absolute Gasteiger partial charge is 0.496 e. The van der Waals surface area contributed by atoms with Crippen molar-refractivity contribution in [3.05, 3.63) is 59.7 Å². The van der Waals surface area contributed by atoms with E-state index in [9.17, 15) is 19.5 Å². The Kier molecular flexibility index (Phi) is 5.54. The maximum atomic E-state index is 13.0. The summed E-state index contributed by atoms with van der Waals surface area (Å²) in [6.45, 7) is 0. The van der Waals surface area contributed by atoms with Gasteiger partial charge in [-0.25, -0.2) is 0 Å². The summed E-state index contributed by atoms with van der Waals surface area (Å²) in [5.74, 6) is -3.24. The number of aliphatic carboxylic acids is 1. The molecule has 0 spiro atoms. The van der Waals surface area contributed by atoms with Crippen LogP contribution in [-0.4, -0.2) is 41.3 Å². The van der Waals surface area contributed by atoms with Gasteiger partial charge in [0.15, 0.2) is 0 Å². The smallest absolute Gasteiger partial charge is 0.324 e. The van der Waals surface area contributed by atoms with Crippen LogP contribution in [0.2, 0.25) is 0 Å². The molecule has 2 aliphatic rings. The summed E-state index contributed by atoms with van der Waals surface area (Å²) in [5, 5.41) is 13.7. The zero-order valence-electron chi connectivity index (χ0n) is 17.3. The minimum Gasteiger partial charge on any atom is -0.496 e. The first-order chi connectivity index (χ1) is 14.9. The fraction of sp³-hybridized carbons (Fsp3) is 0.375. The van der Waals surface area contributed by atoms with Crippen molar-refractivity contribution < 1.29 is 24.2 Å². The molecular weight excluding hydrogens is 396 g/mol. The summed E-state index contributed by atoms with van der Waals surface area (Å²) in [4.78, 5) is 38.4. The van der Waals surface area contributed by atoms with Gasteiger partial charge in [-0.2, -0.15) is 0 Å². The summed E-state index contributed by atoms with van der Waals surface area (Å²) in [7, 11) is 1.41. The van der Waals surface area contributed by atoms with E-state index in [2.05, 4.69) is 5.32 Å². The van der Waals surface area contributed by atoms with Crippen molar-refractivity contribution in [3.8, 4) is 5.75 Å². The molecule has 1 heterocycles. The van der Waals surface area contributed by atoms with E-state index in [4.69, 9.17) is 10.5 Å². The number of fused-ring (bicyclic) bond motifs is 2. The van der Waals surface area contributed by atoms with Gasteiger partial charge in [0.25, 0.3) is 0 Å². The van der Waals surface area contributed by atoms with E-state index in [0.29, 0.717) is 0 Å². The molecular formula is C24H26N2O5. The molecule has 2 aromatic carbocycles. The first-order valence-corrected chi connectivity index (χ1v) is 10.4. The molecule has 4 atom stereocenters. The highest BCUT2D eigenvalue weighted by Gasteiger charge is 2.54. The maximum Gasteiger partial charge on any atom is 0.324 e. The molecule has 4 N–H and O–H groups in total. The van der Waals surface area contributed by atoms with Crippen molar-refractivity contribution in [1.82, 2.24) is 0 Å². The summed E-state index contributed by atoms with van der Waals surface area (Å²) in [6.07, 6.45) is 2.11. The number of ether oxygens (including phenoxy) is 1. The van der Waals surface area contributed by atoms with Crippen molar-refractivity contribution in [3.63, 3.8) is 0 Å². The average molecular weight is 422 g/mol. The van der Waals surface area contributed by atoms with E-state index in [1.54, 1.807) is 18.2 Å². The highest BCUT2D eigenvalue weighted by atomic mass is 16.5. The van der Waals surface area contributed by atoms with Gasteiger partial charge in [0.1, 0.15) is 11.3 Å². The van der Waals surface area contributed by atoms with Gasteiger partial charge in [0.05, 0.1) is 12.7 Å². The molecule has 0 aromatic heterocycles. The normalized spacial score (nSPS) is 23.6. The zero-order valence-corrected chi connectivity index (χ0v) is 17.3. The third kappa shape index (κ3) is 3.59. The first-order valence-electron chi connectivity index (χ1n) is 10.4. The molecule has 1 aliphatic heterocycles. The van der Waals surface area contributed by atoms with Crippen molar-refractivity contribution >= 4 is 23.2 Å². The minimum absolute atomic E-state index is 0.0230. The zero-order chi connectivity index (χ0) is 22.2. The molecule has 0 radical (unpaired) electrons. The molecule has 4 rings (SSSR count). The average Bonchev–Trinajstić information content (AvgIpc) is 3.24. The van der Waals surface area contributed by atoms with Crippen LogP contribution in [0.25, 0.3) is 0 Å².